The maximum Gasteiger partial charge on any atom is 0.243 e. The minimum Gasteiger partial charge on any atom is -0.207 e. The quantitative estimate of drug-likeness (QED) is 0.801. The van der Waals surface area contributed by atoms with Crippen LogP contribution in [0.3, 0.4) is 0 Å². The molecule has 0 bridgehead atoms. The molecule has 0 spiro atoms. The van der Waals surface area contributed by atoms with Crippen LogP contribution in [0.1, 0.15) is 23.6 Å². The molecule has 22 heavy (non-hydrogen) atoms. The van der Waals surface area contributed by atoms with Crippen molar-refractivity contribution < 1.29 is 8.42 Å². The highest BCUT2D eigenvalue weighted by Gasteiger charge is 2.28. The molecule has 0 saturated carbocycles. The fraction of sp³-hybridized carbons (Fsp3) is 0.200. The molecule has 3 aromatic rings. The summed E-state index contributed by atoms with van der Waals surface area (Å²) in [6.07, 6.45) is 1.68. The monoisotopic (exact) mass is 331 g/mol. The molecule has 0 radical (unpaired) electrons. The van der Waals surface area contributed by atoms with E-state index in [9.17, 15) is 8.42 Å². The van der Waals surface area contributed by atoms with Gasteiger partial charge < -0.3 is 0 Å². The van der Waals surface area contributed by atoms with Gasteiger partial charge >= 0.3 is 0 Å². The fourth-order valence-electron chi connectivity index (χ4n) is 2.93. The SMILES string of the molecule is O=S(=O)(N[C@H]1CCc2ccccc21)c1cccc2nsnc12. The Morgan fingerprint density at radius 2 is 1.95 bits per heavy atom. The van der Waals surface area contributed by atoms with Crippen molar-refractivity contribution in [1.29, 1.82) is 0 Å². The van der Waals surface area contributed by atoms with E-state index in [-0.39, 0.29) is 10.9 Å². The molecule has 5 nitrogen and oxygen atoms in total. The average Bonchev–Trinajstić information content (AvgIpc) is 3.14. The second-order valence-electron chi connectivity index (χ2n) is 5.30. The van der Waals surface area contributed by atoms with Gasteiger partial charge in [-0.1, -0.05) is 30.3 Å². The minimum atomic E-state index is -3.63. The maximum absolute atomic E-state index is 12.7. The molecule has 0 amide bonds. The van der Waals surface area contributed by atoms with Crippen LogP contribution in [0.5, 0.6) is 0 Å². The summed E-state index contributed by atoms with van der Waals surface area (Å²) in [4.78, 5) is 0.197. The molecule has 1 heterocycles. The van der Waals surface area contributed by atoms with Crippen LogP contribution in [0.4, 0.5) is 0 Å². The van der Waals surface area contributed by atoms with Crippen LogP contribution in [-0.2, 0) is 16.4 Å². The van der Waals surface area contributed by atoms with Crippen LogP contribution in [0, 0.1) is 0 Å². The van der Waals surface area contributed by atoms with Crippen LogP contribution in [0.15, 0.2) is 47.4 Å². The number of sulfonamides is 1. The lowest BCUT2D eigenvalue weighted by molar-refractivity contribution is 0.555. The standard InChI is InChI=1S/C15H13N3O2S2/c19-22(20,14-7-3-6-13-15(14)17-21-16-13)18-12-9-8-10-4-1-2-5-11(10)12/h1-7,12,18H,8-9H2/t12-/m0/s1. The van der Waals surface area contributed by atoms with E-state index < -0.39 is 10.0 Å². The molecule has 4 rings (SSSR count). The summed E-state index contributed by atoms with van der Waals surface area (Å²) in [6.45, 7) is 0. The number of nitrogens with zero attached hydrogens (tertiary/aromatic N) is 2. The van der Waals surface area contributed by atoms with Gasteiger partial charge in [-0.2, -0.15) is 8.75 Å². The Morgan fingerprint density at radius 3 is 2.86 bits per heavy atom. The first-order valence-electron chi connectivity index (χ1n) is 6.96. The molecule has 1 aromatic heterocycles. The highest BCUT2D eigenvalue weighted by atomic mass is 32.2. The Hall–Kier alpha value is -1.83. The maximum atomic E-state index is 12.7. The Balaban J connectivity index is 1.72. The molecule has 0 unspecified atom stereocenters. The molecular formula is C15H13N3O2S2. The van der Waals surface area contributed by atoms with E-state index in [0.29, 0.717) is 11.0 Å². The molecular weight excluding hydrogens is 318 g/mol. The van der Waals surface area contributed by atoms with Gasteiger partial charge in [-0.05, 0) is 36.1 Å². The molecule has 0 fully saturated rings. The Morgan fingerprint density at radius 1 is 1.09 bits per heavy atom. The lowest BCUT2D eigenvalue weighted by Crippen LogP contribution is -2.27. The zero-order valence-electron chi connectivity index (χ0n) is 11.6. The first-order chi connectivity index (χ1) is 10.6. The summed E-state index contributed by atoms with van der Waals surface area (Å²) < 4.78 is 36.5. The van der Waals surface area contributed by atoms with E-state index in [4.69, 9.17) is 0 Å². The molecule has 0 saturated heterocycles. The van der Waals surface area contributed by atoms with Crippen molar-refractivity contribution >= 4 is 32.8 Å². The molecule has 1 N–H and O–H groups in total. The summed E-state index contributed by atoms with van der Waals surface area (Å²) in [5.74, 6) is 0. The van der Waals surface area contributed by atoms with Crippen molar-refractivity contribution in [3.63, 3.8) is 0 Å². The zero-order chi connectivity index (χ0) is 15.2. The van der Waals surface area contributed by atoms with E-state index in [1.807, 2.05) is 18.2 Å². The Kier molecular flexibility index (Phi) is 3.21. The van der Waals surface area contributed by atoms with Crippen molar-refractivity contribution in [2.24, 2.45) is 0 Å². The van der Waals surface area contributed by atoms with Gasteiger partial charge in [0.05, 0.1) is 11.7 Å². The lowest BCUT2D eigenvalue weighted by Gasteiger charge is -2.14. The number of nitrogens with one attached hydrogen (secondary N) is 1. The minimum absolute atomic E-state index is 0.178. The zero-order valence-corrected chi connectivity index (χ0v) is 13.2. The summed E-state index contributed by atoms with van der Waals surface area (Å²) in [7, 11) is -3.63. The number of fused-ring (bicyclic) bond motifs is 2. The van der Waals surface area contributed by atoms with Crippen LogP contribution in [0.25, 0.3) is 11.0 Å². The van der Waals surface area contributed by atoms with Crippen LogP contribution < -0.4 is 4.72 Å². The molecule has 112 valence electrons. The van der Waals surface area contributed by atoms with Crippen molar-refractivity contribution in [2.45, 2.75) is 23.8 Å². The van der Waals surface area contributed by atoms with E-state index in [1.54, 1.807) is 18.2 Å². The third kappa shape index (κ3) is 2.22. The predicted octanol–water partition coefficient (Wildman–Crippen LogP) is 2.66. The summed E-state index contributed by atoms with van der Waals surface area (Å²) >= 11 is 1.02. The van der Waals surface area contributed by atoms with Crippen LogP contribution in [0.2, 0.25) is 0 Å². The largest absolute Gasteiger partial charge is 0.243 e. The number of rotatable bonds is 3. The van der Waals surface area contributed by atoms with Crippen LogP contribution >= 0.6 is 11.7 Å². The van der Waals surface area contributed by atoms with Crippen LogP contribution in [-0.4, -0.2) is 17.2 Å². The van der Waals surface area contributed by atoms with Crippen molar-refractivity contribution in [1.82, 2.24) is 13.5 Å². The number of aromatic nitrogens is 2. The number of hydrogen-bond acceptors (Lipinski definition) is 5. The Bertz CT molecular complexity index is 950. The lowest BCUT2D eigenvalue weighted by atomic mass is 10.1. The second-order valence-corrected chi connectivity index (χ2v) is 7.51. The molecule has 1 aliphatic carbocycles. The van der Waals surface area contributed by atoms with Crippen molar-refractivity contribution in [2.75, 3.05) is 0 Å². The van der Waals surface area contributed by atoms with E-state index in [1.165, 1.54) is 5.56 Å². The summed E-state index contributed by atoms with van der Waals surface area (Å²) in [6, 6.07) is 12.8. The second kappa shape index (κ2) is 5.12. The van der Waals surface area contributed by atoms with E-state index in [2.05, 4.69) is 19.5 Å². The first-order valence-corrected chi connectivity index (χ1v) is 9.18. The third-order valence-corrected chi connectivity index (χ3v) is 6.01. The highest BCUT2D eigenvalue weighted by molar-refractivity contribution is 7.89. The smallest absolute Gasteiger partial charge is 0.207 e. The third-order valence-electron chi connectivity index (χ3n) is 3.97. The molecule has 0 aliphatic heterocycles. The van der Waals surface area contributed by atoms with Gasteiger partial charge in [0.25, 0.3) is 0 Å². The van der Waals surface area contributed by atoms with E-state index >= 15 is 0 Å². The summed E-state index contributed by atoms with van der Waals surface area (Å²) in [5.41, 5.74) is 3.32. The number of aryl methyl sites for hydroxylation is 1. The number of hydrogen-bond donors (Lipinski definition) is 1. The van der Waals surface area contributed by atoms with Gasteiger partial charge in [0.15, 0.2) is 0 Å². The van der Waals surface area contributed by atoms with Gasteiger partial charge in [0, 0.05) is 6.04 Å². The van der Waals surface area contributed by atoms with Gasteiger partial charge in [-0.15, -0.1) is 0 Å². The topological polar surface area (TPSA) is 72.0 Å². The number of benzene rings is 2. The average molecular weight is 331 g/mol. The summed E-state index contributed by atoms with van der Waals surface area (Å²) in [5, 5.41) is 0. The first kappa shape index (κ1) is 13.8. The van der Waals surface area contributed by atoms with Gasteiger partial charge in [0.1, 0.15) is 15.9 Å². The molecule has 1 aliphatic rings. The van der Waals surface area contributed by atoms with Gasteiger partial charge in [-0.3, -0.25) is 0 Å². The predicted molar refractivity (Wildman–Crippen MR) is 85.2 cm³/mol. The van der Waals surface area contributed by atoms with Crippen molar-refractivity contribution in [3.05, 3.63) is 53.6 Å². The van der Waals surface area contributed by atoms with Gasteiger partial charge in [0.2, 0.25) is 10.0 Å². The van der Waals surface area contributed by atoms with Gasteiger partial charge in [-0.25, -0.2) is 13.1 Å². The fourth-order valence-corrected chi connectivity index (χ4v) is 4.94. The molecule has 7 heteroatoms. The highest BCUT2D eigenvalue weighted by Crippen LogP contribution is 2.32. The van der Waals surface area contributed by atoms with Crippen molar-refractivity contribution in [3.8, 4) is 0 Å². The Labute approximate surface area is 132 Å². The normalized spacial score (nSPS) is 17.7. The molecule has 2 aromatic carbocycles. The van der Waals surface area contributed by atoms with E-state index in [0.717, 1.165) is 30.1 Å². The molecule has 1 atom stereocenters.